The molecule has 3 aromatic rings. The molecule has 2 atom stereocenters. The number of hydrogen-bond donors (Lipinski definition) is 2. The summed E-state index contributed by atoms with van der Waals surface area (Å²) in [5.41, 5.74) is 5.51. The second-order valence-corrected chi connectivity index (χ2v) is 8.62. The Morgan fingerprint density at radius 3 is 2.50 bits per heavy atom. The predicted molar refractivity (Wildman–Crippen MR) is 127 cm³/mol. The van der Waals surface area contributed by atoms with E-state index in [-0.39, 0.29) is 0 Å². The Morgan fingerprint density at radius 1 is 0.969 bits per heavy atom. The second kappa shape index (κ2) is 9.17. The lowest BCUT2D eigenvalue weighted by molar-refractivity contribution is 0.290. The van der Waals surface area contributed by atoms with Crippen LogP contribution < -0.4 is 20.1 Å². The van der Waals surface area contributed by atoms with Crippen LogP contribution in [-0.2, 0) is 6.61 Å². The molecule has 6 nitrogen and oxygen atoms in total. The van der Waals surface area contributed by atoms with Crippen LogP contribution in [0.3, 0.4) is 0 Å². The largest absolute Gasteiger partial charge is 0.481 e. The molecule has 166 valence electrons. The maximum Gasteiger partial charge on any atom is 0.223 e. The minimum atomic E-state index is 0.512. The van der Waals surface area contributed by atoms with Crippen molar-refractivity contribution in [2.24, 2.45) is 0 Å². The molecule has 6 heteroatoms. The maximum atomic E-state index is 5.84. The molecule has 32 heavy (non-hydrogen) atoms. The number of nitrogens with zero attached hydrogens (tertiary/aromatic N) is 2. The first-order valence-electron chi connectivity index (χ1n) is 11.4. The number of rotatable bonds is 3. The first-order chi connectivity index (χ1) is 15.7. The molecule has 3 aliphatic heterocycles. The number of benzene rings is 1. The van der Waals surface area contributed by atoms with E-state index < -0.39 is 0 Å². The normalized spacial score (nSPS) is 20.2. The van der Waals surface area contributed by atoms with Crippen LogP contribution in [0.1, 0.15) is 37.7 Å². The van der Waals surface area contributed by atoms with Gasteiger partial charge in [0, 0.05) is 37.0 Å². The van der Waals surface area contributed by atoms with Crippen molar-refractivity contribution in [3.63, 3.8) is 0 Å². The summed E-state index contributed by atoms with van der Waals surface area (Å²) in [6, 6.07) is 16.1. The molecule has 2 N–H and O–H groups in total. The average Bonchev–Trinajstić information content (AvgIpc) is 3.20. The van der Waals surface area contributed by atoms with E-state index in [2.05, 4.69) is 38.8 Å². The van der Waals surface area contributed by atoms with Gasteiger partial charge in [-0.1, -0.05) is 18.6 Å². The van der Waals surface area contributed by atoms with Crippen LogP contribution in [0.4, 0.5) is 5.82 Å². The predicted octanol–water partition coefficient (Wildman–Crippen LogP) is 5.04. The van der Waals surface area contributed by atoms with Crippen LogP contribution in [0.5, 0.6) is 11.8 Å². The van der Waals surface area contributed by atoms with E-state index in [0.29, 0.717) is 18.4 Å². The van der Waals surface area contributed by atoms with Gasteiger partial charge in [-0.05, 0) is 72.2 Å². The average molecular weight is 431 g/mol. The number of ether oxygens (including phenoxy) is 2. The number of fused-ring (bicyclic) bond motifs is 5. The topological polar surface area (TPSA) is 68.3 Å². The quantitative estimate of drug-likeness (QED) is 0.606. The molecule has 2 saturated heterocycles. The molecule has 5 heterocycles. The lowest BCUT2D eigenvalue weighted by Gasteiger charge is -2.21. The van der Waals surface area contributed by atoms with Gasteiger partial charge in [0.15, 0.2) is 0 Å². The van der Waals surface area contributed by atoms with Crippen molar-refractivity contribution in [2.75, 3.05) is 19.5 Å². The van der Waals surface area contributed by atoms with E-state index in [4.69, 9.17) is 9.47 Å². The molecule has 2 fully saturated rings. The van der Waals surface area contributed by atoms with Crippen molar-refractivity contribution in [3.05, 3.63) is 54.2 Å². The highest BCUT2D eigenvalue weighted by molar-refractivity contribution is 5.78. The van der Waals surface area contributed by atoms with Crippen LogP contribution in [0.15, 0.2) is 48.7 Å². The summed E-state index contributed by atoms with van der Waals surface area (Å²) < 4.78 is 11.0. The van der Waals surface area contributed by atoms with Gasteiger partial charge in [0.2, 0.25) is 11.8 Å². The van der Waals surface area contributed by atoms with Gasteiger partial charge in [-0.15, -0.1) is 0 Å². The molecular formula is C26H30N4O2. The van der Waals surface area contributed by atoms with Gasteiger partial charge in [-0.2, -0.15) is 4.98 Å². The van der Waals surface area contributed by atoms with E-state index in [1.807, 2.05) is 31.3 Å². The molecule has 0 radical (unpaired) electrons. The Hall–Kier alpha value is -3.12. The zero-order valence-electron chi connectivity index (χ0n) is 18.7. The zero-order chi connectivity index (χ0) is 21.9. The lowest BCUT2D eigenvalue weighted by atomic mass is 9.95. The molecule has 0 amide bonds. The third-order valence-electron chi connectivity index (χ3n) is 6.59. The highest BCUT2D eigenvalue weighted by Gasteiger charge is 2.26. The molecule has 0 spiro atoms. The van der Waals surface area contributed by atoms with Crippen molar-refractivity contribution >= 4 is 5.82 Å². The van der Waals surface area contributed by atoms with Gasteiger partial charge >= 0.3 is 0 Å². The van der Waals surface area contributed by atoms with E-state index in [1.54, 1.807) is 13.3 Å². The summed E-state index contributed by atoms with van der Waals surface area (Å²) in [5.74, 6) is 2.08. The van der Waals surface area contributed by atoms with Crippen molar-refractivity contribution in [3.8, 4) is 34.0 Å². The standard InChI is InChI=1S/C19H17N3O2.C7H13N/c1-20-17-6-5-16-15-4-3-12(9-14(15)11-24-19(16)22-17)13-7-8-21-18(10-13)23-2;1-2-6-4-5-7(3-1)8-6/h3-10H,11H2,1-2H3,(H,20,22);6-8H,1-5H2. The van der Waals surface area contributed by atoms with Gasteiger partial charge in [-0.3, -0.25) is 0 Å². The smallest absolute Gasteiger partial charge is 0.223 e. The summed E-state index contributed by atoms with van der Waals surface area (Å²) in [6.45, 7) is 0.512. The highest BCUT2D eigenvalue weighted by Crippen LogP contribution is 2.38. The number of piperidine rings is 1. The van der Waals surface area contributed by atoms with Crippen molar-refractivity contribution in [1.82, 2.24) is 15.3 Å². The van der Waals surface area contributed by atoms with Crippen LogP contribution in [0.25, 0.3) is 22.3 Å². The molecule has 0 saturated carbocycles. The second-order valence-electron chi connectivity index (χ2n) is 8.62. The Balaban J connectivity index is 0.000000225. The molecule has 1 aromatic carbocycles. The summed E-state index contributed by atoms with van der Waals surface area (Å²) in [5, 5.41) is 6.62. The molecular weight excluding hydrogens is 400 g/mol. The van der Waals surface area contributed by atoms with Gasteiger partial charge in [0.05, 0.1) is 7.11 Å². The number of pyridine rings is 2. The third kappa shape index (κ3) is 4.28. The molecule has 2 unspecified atom stereocenters. The van der Waals surface area contributed by atoms with Gasteiger partial charge in [0.25, 0.3) is 0 Å². The molecule has 3 aliphatic rings. The molecule has 0 aliphatic carbocycles. The first kappa shape index (κ1) is 20.8. The third-order valence-corrected chi connectivity index (χ3v) is 6.59. The Kier molecular flexibility index (Phi) is 5.95. The summed E-state index contributed by atoms with van der Waals surface area (Å²) in [7, 11) is 3.47. The fourth-order valence-electron chi connectivity index (χ4n) is 4.87. The first-order valence-corrected chi connectivity index (χ1v) is 11.4. The van der Waals surface area contributed by atoms with Crippen LogP contribution >= 0.6 is 0 Å². The maximum absolute atomic E-state index is 5.84. The number of anilines is 1. The SMILES string of the molecule is C1CC2CCC(C1)N2.CNc1ccc2c(n1)OCc1cc(-c3ccnc(OC)c3)ccc1-2. The van der Waals surface area contributed by atoms with Crippen LogP contribution in [0, 0.1) is 0 Å². The minimum absolute atomic E-state index is 0.512. The van der Waals surface area contributed by atoms with Gasteiger partial charge in [0.1, 0.15) is 12.4 Å². The van der Waals surface area contributed by atoms with E-state index in [9.17, 15) is 0 Å². The minimum Gasteiger partial charge on any atom is -0.481 e. The van der Waals surface area contributed by atoms with Crippen molar-refractivity contribution < 1.29 is 9.47 Å². The Morgan fingerprint density at radius 2 is 1.75 bits per heavy atom. The van der Waals surface area contributed by atoms with E-state index in [0.717, 1.165) is 45.7 Å². The van der Waals surface area contributed by atoms with Gasteiger partial charge < -0.3 is 20.1 Å². The molecule has 2 bridgehead atoms. The number of nitrogens with one attached hydrogen (secondary N) is 2. The molecule has 6 rings (SSSR count). The van der Waals surface area contributed by atoms with Crippen LogP contribution in [-0.4, -0.2) is 36.2 Å². The van der Waals surface area contributed by atoms with Crippen molar-refractivity contribution in [2.45, 2.75) is 50.8 Å². The zero-order valence-corrected chi connectivity index (χ0v) is 18.7. The van der Waals surface area contributed by atoms with Crippen LogP contribution in [0.2, 0.25) is 0 Å². The fourth-order valence-corrected chi connectivity index (χ4v) is 4.87. The summed E-state index contributed by atoms with van der Waals surface area (Å²) >= 11 is 0. The highest BCUT2D eigenvalue weighted by atomic mass is 16.5. The Labute approximate surface area is 189 Å². The number of aromatic nitrogens is 2. The van der Waals surface area contributed by atoms with Crippen molar-refractivity contribution in [1.29, 1.82) is 0 Å². The number of hydrogen-bond acceptors (Lipinski definition) is 6. The molecule has 2 aromatic heterocycles. The Bertz CT molecular complexity index is 1090. The van der Waals surface area contributed by atoms with Gasteiger partial charge in [-0.25, -0.2) is 4.98 Å². The summed E-state index contributed by atoms with van der Waals surface area (Å²) in [6.07, 6.45) is 9.01. The van der Waals surface area contributed by atoms with E-state index >= 15 is 0 Å². The monoisotopic (exact) mass is 430 g/mol. The fraction of sp³-hybridized carbons (Fsp3) is 0.385. The number of methoxy groups -OCH3 is 1. The van der Waals surface area contributed by atoms with E-state index in [1.165, 1.54) is 32.1 Å². The summed E-state index contributed by atoms with van der Waals surface area (Å²) in [4.78, 5) is 8.63. The lowest BCUT2D eigenvalue weighted by Crippen LogP contribution is -2.33.